The molecule has 9 nitrogen and oxygen atoms in total. The van der Waals surface area contributed by atoms with Gasteiger partial charge in [0.2, 0.25) is 0 Å². The topological polar surface area (TPSA) is 113 Å². The summed E-state index contributed by atoms with van der Waals surface area (Å²) in [5.41, 5.74) is 1.55. The average molecular weight is 569 g/mol. The Bertz CT molecular complexity index is 1300. The van der Waals surface area contributed by atoms with Crippen LogP contribution in [0, 0.1) is 5.82 Å². The molecule has 2 saturated heterocycles. The number of benzene rings is 2. The fourth-order valence-corrected chi connectivity index (χ4v) is 5.08. The molecule has 2 amide bonds. The first kappa shape index (κ1) is 30.2. The highest BCUT2D eigenvalue weighted by Gasteiger charge is 2.40. The summed E-state index contributed by atoms with van der Waals surface area (Å²) in [5, 5.41) is 10.1. The van der Waals surface area contributed by atoms with E-state index in [0.717, 1.165) is 5.56 Å². The van der Waals surface area contributed by atoms with Crippen molar-refractivity contribution in [1.82, 2.24) is 4.90 Å². The standard InChI is InChI=1S/C31H37FN2O7/c1-19(35)5-12-24-18-33(29(38)40-24)22-11-13-25(26(32)15-22)21-9-6-20(7-10-21)8-14-28(37)27-16-23(36)17-34(27)30(39)41-31(2,3)4/h6-7,9-11,13,15,23-24,27,36H,5,8,12,14,16-18H2,1-4H3/t23-,24+,27+/m1/s1. The van der Waals surface area contributed by atoms with Crippen LogP contribution in [0.4, 0.5) is 19.7 Å². The van der Waals surface area contributed by atoms with Crippen molar-refractivity contribution in [3.05, 3.63) is 53.8 Å². The lowest BCUT2D eigenvalue weighted by Gasteiger charge is -2.27. The van der Waals surface area contributed by atoms with Crippen LogP contribution < -0.4 is 4.90 Å². The zero-order chi connectivity index (χ0) is 29.9. The van der Waals surface area contributed by atoms with Crippen molar-refractivity contribution in [2.45, 2.75) is 83.6 Å². The summed E-state index contributed by atoms with van der Waals surface area (Å²) in [7, 11) is 0. The zero-order valence-corrected chi connectivity index (χ0v) is 23.9. The van der Waals surface area contributed by atoms with Gasteiger partial charge in [-0.25, -0.2) is 14.0 Å². The van der Waals surface area contributed by atoms with Crippen molar-refractivity contribution in [3.63, 3.8) is 0 Å². The summed E-state index contributed by atoms with van der Waals surface area (Å²) in [6.07, 6.45) is -0.826. The molecule has 220 valence electrons. The first-order chi connectivity index (χ1) is 19.3. The maximum atomic E-state index is 15.1. The van der Waals surface area contributed by atoms with Crippen LogP contribution in [0.2, 0.25) is 0 Å². The number of aryl methyl sites for hydroxylation is 1. The Morgan fingerprint density at radius 2 is 1.78 bits per heavy atom. The normalized spacial score (nSPS) is 20.7. The highest BCUT2D eigenvalue weighted by molar-refractivity contribution is 5.90. The number of hydrogen-bond acceptors (Lipinski definition) is 7. The minimum atomic E-state index is -0.777. The van der Waals surface area contributed by atoms with Crippen LogP contribution in [-0.2, 0) is 25.5 Å². The number of hydrogen-bond donors (Lipinski definition) is 1. The van der Waals surface area contributed by atoms with Gasteiger partial charge in [-0.05, 0) is 69.9 Å². The Labute approximate surface area is 239 Å². The molecule has 2 heterocycles. The summed E-state index contributed by atoms with van der Waals surface area (Å²) in [5.74, 6) is -0.625. The molecule has 0 saturated carbocycles. The molecule has 41 heavy (non-hydrogen) atoms. The third-order valence-electron chi connectivity index (χ3n) is 7.16. The number of likely N-dealkylation sites (tertiary alicyclic amines) is 1. The van der Waals surface area contributed by atoms with E-state index in [1.54, 1.807) is 45.0 Å². The van der Waals surface area contributed by atoms with Gasteiger partial charge in [-0.1, -0.05) is 24.3 Å². The number of nitrogens with zero attached hydrogens (tertiary/aromatic N) is 2. The molecule has 0 aliphatic carbocycles. The first-order valence-electron chi connectivity index (χ1n) is 13.9. The molecule has 10 heteroatoms. The van der Waals surface area contributed by atoms with E-state index in [2.05, 4.69) is 0 Å². The fraction of sp³-hybridized carbons (Fsp3) is 0.484. The second-order valence-electron chi connectivity index (χ2n) is 11.7. The SMILES string of the molecule is CC(=O)CC[C@H]1CN(c2ccc(-c3ccc(CCC(=O)[C@@H]4C[C@@H](O)CN4C(=O)OC(C)(C)C)cc3)c(F)c2)C(=O)O1. The maximum Gasteiger partial charge on any atom is 0.414 e. The Morgan fingerprint density at radius 3 is 2.41 bits per heavy atom. The third kappa shape index (κ3) is 7.70. The fourth-order valence-electron chi connectivity index (χ4n) is 5.08. The predicted molar refractivity (Wildman–Crippen MR) is 150 cm³/mol. The summed E-state index contributed by atoms with van der Waals surface area (Å²) in [6.45, 7) is 7.04. The second-order valence-corrected chi connectivity index (χ2v) is 11.7. The molecule has 0 aromatic heterocycles. The number of ether oxygens (including phenoxy) is 2. The van der Waals surface area contributed by atoms with Crippen LogP contribution >= 0.6 is 0 Å². The largest absolute Gasteiger partial charge is 0.444 e. The predicted octanol–water partition coefficient (Wildman–Crippen LogP) is 5.06. The van der Waals surface area contributed by atoms with Crippen LogP contribution in [0.25, 0.3) is 11.1 Å². The summed E-state index contributed by atoms with van der Waals surface area (Å²) < 4.78 is 25.8. The van der Waals surface area contributed by atoms with Gasteiger partial charge in [-0.2, -0.15) is 0 Å². The molecule has 2 aliphatic heterocycles. The van der Waals surface area contributed by atoms with E-state index in [4.69, 9.17) is 9.47 Å². The van der Waals surface area contributed by atoms with Crippen molar-refractivity contribution in [2.75, 3.05) is 18.0 Å². The van der Waals surface area contributed by atoms with Crippen LogP contribution in [-0.4, -0.2) is 70.7 Å². The van der Waals surface area contributed by atoms with E-state index in [0.29, 0.717) is 36.1 Å². The van der Waals surface area contributed by atoms with Gasteiger partial charge in [0.1, 0.15) is 23.3 Å². The quantitative estimate of drug-likeness (QED) is 0.450. The summed E-state index contributed by atoms with van der Waals surface area (Å²) in [4.78, 5) is 51.7. The van der Waals surface area contributed by atoms with Gasteiger partial charge in [0.25, 0.3) is 0 Å². The number of carbonyl (C=O) groups excluding carboxylic acids is 4. The summed E-state index contributed by atoms with van der Waals surface area (Å²) >= 11 is 0. The lowest BCUT2D eigenvalue weighted by molar-refractivity contribution is -0.123. The second kappa shape index (κ2) is 12.4. The minimum Gasteiger partial charge on any atom is -0.444 e. The van der Waals surface area contributed by atoms with Crippen molar-refractivity contribution in [3.8, 4) is 11.1 Å². The minimum absolute atomic E-state index is 0.0195. The van der Waals surface area contributed by atoms with Gasteiger partial charge >= 0.3 is 12.2 Å². The van der Waals surface area contributed by atoms with Gasteiger partial charge in [-0.3, -0.25) is 14.6 Å². The molecule has 2 aromatic rings. The van der Waals surface area contributed by atoms with Crippen LogP contribution in [0.5, 0.6) is 0 Å². The molecule has 2 fully saturated rings. The van der Waals surface area contributed by atoms with E-state index < -0.39 is 41.9 Å². The van der Waals surface area contributed by atoms with E-state index in [9.17, 15) is 24.3 Å². The van der Waals surface area contributed by atoms with Gasteiger partial charge in [0.15, 0.2) is 5.78 Å². The number of rotatable bonds is 9. The number of ketones is 2. The number of aliphatic hydroxyl groups excluding tert-OH is 1. The van der Waals surface area contributed by atoms with Crippen LogP contribution in [0.15, 0.2) is 42.5 Å². The molecule has 0 unspecified atom stereocenters. The first-order valence-corrected chi connectivity index (χ1v) is 13.9. The molecular formula is C31H37FN2O7. The van der Waals surface area contributed by atoms with Crippen molar-refractivity contribution >= 4 is 29.4 Å². The number of aliphatic hydroxyl groups is 1. The molecule has 2 aromatic carbocycles. The number of Topliss-reactive ketones (excluding diaryl/α,β-unsaturated/α-hetero) is 2. The smallest absolute Gasteiger partial charge is 0.414 e. The highest BCUT2D eigenvalue weighted by atomic mass is 19.1. The van der Waals surface area contributed by atoms with Gasteiger partial charge < -0.3 is 19.4 Å². The van der Waals surface area contributed by atoms with E-state index in [1.807, 2.05) is 12.1 Å². The van der Waals surface area contributed by atoms with Gasteiger partial charge in [0.05, 0.1) is 30.9 Å². The van der Waals surface area contributed by atoms with Crippen molar-refractivity contribution in [2.24, 2.45) is 0 Å². The number of amides is 2. The highest BCUT2D eigenvalue weighted by Crippen LogP contribution is 2.30. The number of carbonyl (C=O) groups is 4. The molecule has 0 bridgehead atoms. The maximum absolute atomic E-state index is 15.1. The number of β-amino-alcohol motifs (C(OH)–C–C–N with tert-alkyl or cyclic N) is 1. The van der Waals surface area contributed by atoms with Gasteiger partial charge in [0, 0.05) is 24.8 Å². The molecule has 3 atom stereocenters. The Kier molecular flexibility index (Phi) is 9.11. The molecule has 0 spiro atoms. The zero-order valence-electron chi connectivity index (χ0n) is 23.9. The lowest BCUT2D eigenvalue weighted by atomic mass is 9.98. The molecular weight excluding hydrogens is 531 g/mol. The van der Waals surface area contributed by atoms with Gasteiger partial charge in [-0.15, -0.1) is 0 Å². The Balaban J connectivity index is 1.36. The summed E-state index contributed by atoms with van der Waals surface area (Å²) in [6, 6.07) is 11.0. The average Bonchev–Trinajstić information content (AvgIpc) is 3.48. The number of anilines is 1. The van der Waals surface area contributed by atoms with Crippen molar-refractivity contribution < 1.29 is 38.1 Å². The van der Waals surface area contributed by atoms with E-state index >= 15 is 4.39 Å². The lowest BCUT2D eigenvalue weighted by Crippen LogP contribution is -2.43. The Hall–Kier alpha value is -3.79. The van der Waals surface area contributed by atoms with E-state index in [-0.39, 0.29) is 37.5 Å². The van der Waals surface area contributed by atoms with Crippen LogP contribution in [0.3, 0.4) is 0 Å². The molecule has 0 radical (unpaired) electrons. The monoisotopic (exact) mass is 568 g/mol. The third-order valence-corrected chi connectivity index (χ3v) is 7.16. The molecule has 4 rings (SSSR count). The molecule has 1 N–H and O–H groups in total. The number of halogens is 1. The Morgan fingerprint density at radius 1 is 1.07 bits per heavy atom. The number of cyclic esters (lactones) is 1. The van der Waals surface area contributed by atoms with Crippen molar-refractivity contribution in [1.29, 1.82) is 0 Å². The van der Waals surface area contributed by atoms with E-state index in [1.165, 1.54) is 22.8 Å². The molecule has 2 aliphatic rings. The van der Waals surface area contributed by atoms with Crippen LogP contribution in [0.1, 0.15) is 58.9 Å².